The minimum Gasteiger partial charge on any atom is -0.478 e. The molecule has 0 bridgehead atoms. The smallest absolute Gasteiger partial charge is 0.370 e. The van der Waals surface area contributed by atoms with Gasteiger partial charge in [-0.3, -0.25) is 4.79 Å². The molecule has 2 rings (SSSR count). The normalized spacial score (nSPS) is 22.7. The summed E-state index contributed by atoms with van der Waals surface area (Å²) in [7, 11) is 0. The first-order valence-corrected chi connectivity index (χ1v) is 8.81. The van der Waals surface area contributed by atoms with E-state index in [0.717, 1.165) is 25.1 Å². The number of carboxylic acids is 1. The first kappa shape index (κ1) is 23.1. The van der Waals surface area contributed by atoms with E-state index in [0.29, 0.717) is 0 Å². The second-order valence-corrected chi connectivity index (χ2v) is 6.52. The Labute approximate surface area is 170 Å². The van der Waals surface area contributed by atoms with Crippen LogP contribution in [0, 0.1) is 5.82 Å². The summed E-state index contributed by atoms with van der Waals surface area (Å²) in [5.41, 5.74) is 0.242. The van der Waals surface area contributed by atoms with Gasteiger partial charge in [-0.05, 0) is 30.3 Å². The molecule has 0 aliphatic carbocycles. The van der Waals surface area contributed by atoms with E-state index >= 15 is 0 Å². The lowest BCUT2D eigenvalue weighted by Crippen LogP contribution is -2.63. The van der Waals surface area contributed by atoms with Gasteiger partial charge in [0, 0.05) is 12.6 Å². The molecule has 1 aliphatic rings. The Morgan fingerprint density at radius 2 is 1.80 bits per heavy atom. The fraction of sp³-hybridized carbons (Fsp3) is 0.389. The van der Waals surface area contributed by atoms with Gasteiger partial charge in [-0.25, -0.2) is 14.0 Å². The molecule has 0 unspecified atom stereocenters. The third kappa shape index (κ3) is 5.89. The predicted octanol–water partition coefficient (Wildman–Crippen LogP) is -1.10. The molecule has 12 heteroatoms. The molecule has 1 aromatic rings. The number of hydrogen-bond donors (Lipinski definition) is 7. The Morgan fingerprint density at radius 3 is 2.33 bits per heavy atom. The zero-order valence-electron chi connectivity index (χ0n) is 15.8. The van der Waals surface area contributed by atoms with Crippen molar-refractivity contribution in [1.29, 1.82) is 0 Å². The molecule has 11 nitrogen and oxygen atoms in total. The number of ether oxygens (including phenoxy) is 1. The summed E-state index contributed by atoms with van der Waals surface area (Å²) in [5.74, 6) is -3.25. The van der Waals surface area contributed by atoms with Gasteiger partial charge in [0.1, 0.15) is 24.1 Å². The summed E-state index contributed by atoms with van der Waals surface area (Å²) in [6.45, 7) is 0.293. The maximum atomic E-state index is 13.0. The molecule has 1 aromatic carbocycles. The van der Waals surface area contributed by atoms with Crippen LogP contribution in [0.25, 0.3) is 0 Å². The molecule has 0 spiro atoms. The van der Waals surface area contributed by atoms with Crippen molar-refractivity contribution in [2.75, 3.05) is 11.9 Å². The van der Waals surface area contributed by atoms with Crippen LogP contribution in [0.4, 0.5) is 14.9 Å². The summed E-state index contributed by atoms with van der Waals surface area (Å²) in [6, 6.07) is 1.64. The lowest BCUT2D eigenvalue weighted by molar-refractivity contribution is -0.146. The van der Waals surface area contributed by atoms with Crippen molar-refractivity contribution in [2.24, 2.45) is 0 Å². The number of aliphatic carboxylic acids is 1. The van der Waals surface area contributed by atoms with Gasteiger partial charge in [-0.1, -0.05) is 0 Å². The van der Waals surface area contributed by atoms with Crippen LogP contribution in [0.3, 0.4) is 0 Å². The van der Waals surface area contributed by atoms with Crippen LogP contribution in [-0.4, -0.2) is 75.3 Å². The standard InChI is InChI=1S/C18H22FN3O8/c1-8(24)20-14-11(22-18(29)21-10-4-2-9(19)3-5-10)6-13(17(27)28)30-16(14)15(26)12(25)7-23/h2-6,11-12,14-16,23,25-26H,7H2,1H3,(H,20,24)(H,27,28)(H2,21,22,29)/t11-,12+,14+,15+,16+/m0/s1. The number of aliphatic hydroxyl groups is 3. The SMILES string of the molecule is CC(=O)N[C@H]1[C@H]([C@H](O)[C@H](O)CO)OC(C(=O)O)=C[C@@H]1NC(=O)Nc1ccc(F)cc1. The van der Waals surface area contributed by atoms with Crippen LogP contribution in [0.1, 0.15) is 6.92 Å². The number of carbonyl (C=O) groups is 3. The summed E-state index contributed by atoms with van der Waals surface area (Å²) >= 11 is 0. The first-order chi connectivity index (χ1) is 14.1. The van der Waals surface area contributed by atoms with Crippen LogP contribution >= 0.6 is 0 Å². The van der Waals surface area contributed by atoms with E-state index in [1.54, 1.807) is 0 Å². The summed E-state index contributed by atoms with van der Waals surface area (Å²) in [5, 5.41) is 45.7. The minimum atomic E-state index is -1.79. The maximum Gasteiger partial charge on any atom is 0.370 e. The molecule has 30 heavy (non-hydrogen) atoms. The van der Waals surface area contributed by atoms with E-state index in [2.05, 4.69) is 16.0 Å². The van der Waals surface area contributed by atoms with Crippen molar-refractivity contribution < 1.29 is 43.9 Å². The highest BCUT2D eigenvalue weighted by Gasteiger charge is 2.44. The highest BCUT2D eigenvalue weighted by atomic mass is 19.1. The van der Waals surface area contributed by atoms with E-state index in [1.165, 1.54) is 12.1 Å². The second kappa shape index (κ2) is 10.0. The quantitative estimate of drug-likeness (QED) is 0.287. The average molecular weight is 427 g/mol. The molecule has 0 radical (unpaired) electrons. The van der Waals surface area contributed by atoms with Crippen molar-refractivity contribution in [3.63, 3.8) is 0 Å². The number of aliphatic hydroxyl groups excluding tert-OH is 3. The number of nitrogens with one attached hydrogen (secondary N) is 3. The van der Waals surface area contributed by atoms with Crippen LogP contribution in [0.15, 0.2) is 36.1 Å². The Morgan fingerprint density at radius 1 is 1.17 bits per heavy atom. The van der Waals surface area contributed by atoms with Crippen molar-refractivity contribution in [3.8, 4) is 0 Å². The second-order valence-electron chi connectivity index (χ2n) is 6.52. The number of benzene rings is 1. The van der Waals surface area contributed by atoms with Crippen molar-refractivity contribution in [1.82, 2.24) is 10.6 Å². The van der Waals surface area contributed by atoms with E-state index in [1.807, 2.05) is 0 Å². The molecule has 0 aromatic heterocycles. The third-order valence-corrected chi connectivity index (χ3v) is 4.23. The predicted molar refractivity (Wildman–Crippen MR) is 99.6 cm³/mol. The number of carboxylic acid groups (broad SMARTS) is 1. The Bertz CT molecular complexity index is 816. The Balaban J connectivity index is 2.29. The van der Waals surface area contributed by atoms with Crippen LogP contribution in [-0.2, 0) is 14.3 Å². The number of rotatable bonds is 7. The van der Waals surface area contributed by atoms with Crippen molar-refractivity contribution >= 4 is 23.6 Å². The number of carbonyl (C=O) groups excluding carboxylic acids is 2. The van der Waals surface area contributed by atoms with E-state index < -0.39 is 66.5 Å². The topological polar surface area (TPSA) is 177 Å². The molecular weight excluding hydrogens is 405 g/mol. The number of anilines is 1. The van der Waals surface area contributed by atoms with Gasteiger partial charge in [0.05, 0.1) is 18.7 Å². The molecule has 1 heterocycles. The van der Waals surface area contributed by atoms with Gasteiger partial charge in [0.25, 0.3) is 0 Å². The molecule has 0 saturated carbocycles. The fourth-order valence-electron chi connectivity index (χ4n) is 2.85. The van der Waals surface area contributed by atoms with Gasteiger partial charge in [0.15, 0.2) is 0 Å². The molecular formula is C18H22FN3O8. The largest absolute Gasteiger partial charge is 0.478 e. The maximum absolute atomic E-state index is 13.0. The Kier molecular flexibility index (Phi) is 7.69. The summed E-state index contributed by atoms with van der Waals surface area (Å²) in [4.78, 5) is 35.4. The number of hydrogen-bond acceptors (Lipinski definition) is 7. The molecule has 164 valence electrons. The van der Waals surface area contributed by atoms with Gasteiger partial charge in [0.2, 0.25) is 11.7 Å². The molecule has 0 saturated heterocycles. The average Bonchev–Trinajstić information content (AvgIpc) is 2.69. The van der Waals surface area contributed by atoms with Crippen LogP contribution in [0.5, 0.6) is 0 Å². The lowest BCUT2D eigenvalue weighted by atomic mass is 9.92. The van der Waals surface area contributed by atoms with Crippen molar-refractivity contribution in [3.05, 3.63) is 41.9 Å². The van der Waals surface area contributed by atoms with E-state index in [9.17, 15) is 34.1 Å². The number of halogens is 1. The highest BCUT2D eigenvalue weighted by molar-refractivity contribution is 5.90. The molecule has 7 N–H and O–H groups in total. The van der Waals surface area contributed by atoms with Gasteiger partial charge in [-0.15, -0.1) is 0 Å². The van der Waals surface area contributed by atoms with E-state index in [-0.39, 0.29) is 5.69 Å². The molecule has 5 atom stereocenters. The lowest BCUT2D eigenvalue weighted by Gasteiger charge is -2.40. The first-order valence-electron chi connectivity index (χ1n) is 8.81. The van der Waals surface area contributed by atoms with Crippen LogP contribution < -0.4 is 16.0 Å². The fourth-order valence-corrected chi connectivity index (χ4v) is 2.85. The monoisotopic (exact) mass is 427 g/mol. The van der Waals surface area contributed by atoms with Crippen LogP contribution in [0.2, 0.25) is 0 Å². The summed E-state index contributed by atoms with van der Waals surface area (Å²) in [6.07, 6.45) is -3.99. The minimum absolute atomic E-state index is 0.242. The number of amides is 3. The van der Waals surface area contributed by atoms with E-state index in [4.69, 9.17) is 9.84 Å². The number of urea groups is 1. The molecule has 1 aliphatic heterocycles. The highest BCUT2D eigenvalue weighted by Crippen LogP contribution is 2.23. The van der Waals surface area contributed by atoms with Crippen molar-refractivity contribution in [2.45, 2.75) is 37.3 Å². The molecule has 3 amide bonds. The zero-order chi connectivity index (χ0) is 22.4. The van der Waals surface area contributed by atoms with Gasteiger partial charge < -0.3 is 41.1 Å². The Hall–Kier alpha value is -3.22. The summed E-state index contributed by atoms with van der Waals surface area (Å²) < 4.78 is 18.2. The van der Waals surface area contributed by atoms with Gasteiger partial charge >= 0.3 is 12.0 Å². The van der Waals surface area contributed by atoms with Gasteiger partial charge in [-0.2, -0.15) is 0 Å². The third-order valence-electron chi connectivity index (χ3n) is 4.23. The molecule has 0 fully saturated rings. The zero-order valence-corrected chi connectivity index (χ0v) is 15.8.